The zero-order chi connectivity index (χ0) is 21.4. The summed E-state index contributed by atoms with van der Waals surface area (Å²) in [6.45, 7) is 2.15. The second-order valence-corrected chi connectivity index (χ2v) is 7.84. The van der Waals surface area contributed by atoms with Crippen LogP contribution in [-0.2, 0) is 4.79 Å². The Bertz CT molecular complexity index is 1160. The highest BCUT2D eigenvalue weighted by Gasteiger charge is 2.36. The molecule has 0 bridgehead atoms. The van der Waals surface area contributed by atoms with Gasteiger partial charge in [-0.3, -0.25) is 9.69 Å². The molecule has 9 heteroatoms. The molecule has 3 aromatic rings. The summed E-state index contributed by atoms with van der Waals surface area (Å²) in [6, 6.07) is 13.1. The van der Waals surface area contributed by atoms with Gasteiger partial charge >= 0.3 is 0 Å². The lowest BCUT2D eigenvalue weighted by Gasteiger charge is -2.31. The Labute approximate surface area is 183 Å². The van der Waals surface area contributed by atoms with Gasteiger partial charge in [-0.1, -0.05) is 36.9 Å². The van der Waals surface area contributed by atoms with Crippen LogP contribution < -0.4 is 19.1 Å². The van der Waals surface area contributed by atoms with Crippen molar-refractivity contribution in [2.45, 2.75) is 31.1 Å². The Morgan fingerprint density at radius 1 is 1.16 bits per heavy atom. The van der Waals surface area contributed by atoms with Crippen LogP contribution in [0.5, 0.6) is 17.4 Å². The van der Waals surface area contributed by atoms with Crippen LogP contribution in [0, 0.1) is 0 Å². The van der Waals surface area contributed by atoms with Gasteiger partial charge in [0.2, 0.25) is 30.0 Å². The van der Waals surface area contributed by atoms with Gasteiger partial charge < -0.3 is 14.2 Å². The zero-order valence-corrected chi connectivity index (χ0v) is 17.9. The van der Waals surface area contributed by atoms with Crippen LogP contribution in [0.4, 0.5) is 5.69 Å². The van der Waals surface area contributed by atoms with Gasteiger partial charge in [0, 0.05) is 17.5 Å². The SMILES string of the molecule is CCCC(=O)N1c2ccccc2-c2nnc(SC)nc2O[C@@H]1c1ccc2c(c1)OCO2. The second kappa shape index (κ2) is 8.07. The van der Waals surface area contributed by atoms with Crippen molar-refractivity contribution in [2.24, 2.45) is 0 Å². The number of anilines is 1. The second-order valence-electron chi connectivity index (χ2n) is 7.07. The number of para-hydroxylation sites is 1. The molecule has 158 valence electrons. The van der Waals surface area contributed by atoms with Crippen LogP contribution in [0.25, 0.3) is 11.3 Å². The molecular weight excluding hydrogens is 416 g/mol. The van der Waals surface area contributed by atoms with Crippen LogP contribution in [0.1, 0.15) is 31.6 Å². The lowest BCUT2D eigenvalue weighted by molar-refractivity contribution is -0.120. The highest BCUT2D eigenvalue weighted by molar-refractivity contribution is 7.98. The molecule has 2 aromatic carbocycles. The summed E-state index contributed by atoms with van der Waals surface area (Å²) in [5.74, 6) is 1.57. The van der Waals surface area contributed by atoms with Crippen molar-refractivity contribution in [1.29, 1.82) is 0 Å². The summed E-state index contributed by atoms with van der Waals surface area (Å²) < 4.78 is 17.4. The molecule has 2 aliphatic rings. The fourth-order valence-electron chi connectivity index (χ4n) is 3.69. The summed E-state index contributed by atoms with van der Waals surface area (Å²) in [7, 11) is 0. The van der Waals surface area contributed by atoms with Gasteiger partial charge in [0.05, 0.1) is 5.69 Å². The number of carbonyl (C=O) groups excluding carboxylic acids is 1. The number of fused-ring (bicyclic) bond motifs is 4. The number of hydrogen-bond acceptors (Lipinski definition) is 8. The Hall–Kier alpha value is -3.33. The molecule has 0 saturated heterocycles. The number of rotatable bonds is 4. The first-order chi connectivity index (χ1) is 15.2. The molecule has 31 heavy (non-hydrogen) atoms. The van der Waals surface area contributed by atoms with E-state index in [1.807, 2.05) is 55.6 Å². The molecule has 0 N–H and O–H groups in total. The normalized spacial score (nSPS) is 16.2. The third-order valence-electron chi connectivity index (χ3n) is 5.11. The monoisotopic (exact) mass is 436 g/mol. The van der Waals surface area contributed by atoms with Crippen LogP contribution >= 0.6 is 11.8 Å². The minimum absolute atomic E-state index is 0.0523. The van der Waals surface area contributed by atoms with E-state index in [1.54, 1.807) is 4.90 Å². The molecule has 1 aromatic heterocycles. The standard InChI is InChI=1S/C22H20N4O4S/c1-3-6-18(27)26-15-8-5-4-7-14(15)19-20(23-22(31-2)25-24-19)30-21(26)13-9-10-16-17(11-13)29-12-28-16/h4-5,7-11,21H,3,6,12H2,1-2H3/t21-/m1/s1. The molecule has 3 heterocycles. The molecule has 2 aliphatic heterocycles. The molecule has 0 unspecified atom stereocenters. The number of aromatic nitrogens is 3. The summed E-state index contributed by atoms with van der Waals surface area (Å²) in [4.78, 5) is 19.6. The van der Waals surface area contributed by atoms with Gasteiger partial charge in [0.1, 0.15) is 0 Å². The van der Waals surface area contributed by atoms with Crippen molar-refractivity contribution in [1.82, 2.24) is 15.2 Å². The van der Waals surface area contributed by atoms with Gasteiger partial charge in [-0.05, 0) is 36.9 Å². The largest absolute Gasteiger partial charge is 0.454 e. The average Bonchev–Trinajstić information content (AvgIpc) is 3.21. The molecule has 0 spiro atoms. The van der Waals surface area contributed by atoms with Crippen molar-refractivity contribution in [3.05, 3.63) is 48.0 Å². The van der Waals surface area contributed by atoms with Crippen molar-refractivity contribution < 1.29 is 19.0 Å². The van der Waals surface area contributed by atoms with Crippen LogP contribution in [0.2, 0.25) is 0 Å². The van der Waals surface area contributed by atoms with Crippen molar-refractivity contribution in [3.63, 3.8) is 0 Å². The number of carbonyl (C=O) groups is 1. The zero-order valence-electron chi connectivity index (χ0n) is 17.1. The van der Waals surface area contributed by atoms with Gasteiger partial charge in [0.15, 0.2) is 17.2 Å². The molecule has 1 atom stereocenters. The molecule has 1 amide bonds. The Morgan fingerprint density at radius 2 is 2.00 bits per heavy atom. The average molecular weight is 436 g/mol. The third kappa shape index (κ3) is 3.44. The lowest BCUT2D eigenvalue weighted by atomic mass is 10.1. The van der Waals surface area contributed by atoms with Gasteiger partial charge in [-0.15, -0.1) is 10.2 Å². The minimum Gasteiger partial charge on any atom is -0.454 e. The van der Waals surface area contributed by atoms with Gasteiger partial charge in [-0.25, -0.2) is 0 Å². The molecule has 0 saturated carbocycles. The molecule has 0 fully saturated rings. The van der Waals surface area contributed by atoms with E-state index < -0.39 is 6.23 Å². The van der Waals surface area contributed by atoms with Crippen molar-refractivity contribution in [2.75, 3.05) is 17.9 Å². The summed E-state index contributed by atoms with van der Waals surface area (Å²) >= 11 is 1.38. The first kappa shape index (κ1) is 19.6. The predicted octanol–water partition coefficient (Wildman–Crippen LogP) is 4.21. The first-order valence-corrected chi connectivity index (χ1v) is 11.2. The van der Waals surface area contributed by atoms with E-state index in [-0.39, 0.29) is 12.7 Å². The van der Waals surface area contributed by atoms with E-state index in [4.69, 9.17) is 14.2 Å². The van der Waals surface area contributed by atoms with Crippen LogP contribution in [-0.4, -0.2) is 34.1 Å². The highest BCUT2D eigenvalue weighted by Crippen LogP contribution is 2.45. The van der Waals surface area contributed by atoms with Crippen molar-refractivity contribution in [3.8, 4) is 28.6 Å². The van der Waals surface area contributed by atoms with Crippen LogP contribution in [0.15, 0.2) is 47.6 Å². The first-order valence-electron chi connectivity index (χ1n) is 9.96. The number of hydrogen-bond donors (Lipinski definition) is 0. The van der Waals surface area contributed by atoms with E-state index in [1.165, 1.54) is 11.8 Å². The van der Waals surface area contributed by atoms with Gasteiger partial charge in [-0.2, -0.15) is 4.98 Å². The van der Waals surface area contributed by atoms with Crippen LogP contribution in [0.3, 0.4) is 0 Å². The number of thioether (sulfide) groups is 1. The minimum atomic E-state index is -0.748. The maximum atomic E-state index is 13.3. The molecule has 8 nitrogen and oxygen atoms in total. The quantitative estimate of drug-likeness (QED) is 0.562. The number of amides is 1. The summed E-state index contributed by atoms with van der Waals surface area (Å²) in [5, 5.41) is 9.05. The summed E-state index contributed by atoms with van der Waals surface area (Å²) in [5.41, 5.74) is 2.71. The smallest absolute Gasteiger partial charge is 0.247 e. The Kier molecular flexibility index (Phi) is 5.11. The Balaban J connectivity index is 1.72. The maximum absolute atomic E-state index is 13.3. The maximum Gasteiger partial charge on any atom is 0.247 e. The predicted molar refractivity (Wildman–Crippen MR) is 115 cm³/mol. The lowest BCUT2D eigenvalue weighted by Crippen LogP contribution is -2.37. The molecule has 0 aliphatic carbocycles. The molecule has 0 radical (unpaired) electrons. The molecule has 5 rings (SSSR count). The van der Waals surface area contributed by atoms with E-state index in [0.717, 1.165) is 11.1 Å². The van der Waals surface area contributed by atoms with E-state index in [2.05, 4.69) is 15.2 Å². The topological polar surface area (TPSA) is 86.7 Å². The Morgan fingerprint density at radius 3 is 2.84 bits per heavy atom. The highest BCUT2D eigenvalue weighted by atomic mass is 32.2. The fourth-order valence-corrected chi connectivity index (χ4v) is 3.98. The van der Waals surface area contributed by atoms with E-state index >= 15 is 0 Å². The molecular formula is C22H20N4O4S. The van der Waals surface area contributed by atoms with E-state index in [0.29, 0.717) is 46.8 Å². The number of benzene rings is 2. The number of ether oxygens (including phenoxy) is 3. The third-order valence-corrected chi connectivity index (χ3v) is 5.65. The summed E-state index contributed by atoms with van der Waals surface area (Å²) in [6.07, 6.45) is 2.22. The number of nitrogens with zero attached hydrogens (tertiary/aromatic N) is 4. The van der Waals surface area contributed by atoms with E-state index in [9.17, 15) is 4.79 Å². The fraction of sp³-hybridized carbons (Fsp3) is 0.273. The van der Waals surface area contributed by atoms with Crippen molar-refractivity contribution >= 4 is 23.4 Å². The van der Waals surface area contributed by atoms with Gasteiger partial charge in [0.25, 0.3) is 0 Å².